The lowest BCUT2D eigenvalue weighted by molar-refractivity contribution is -0.155. The Morgan fingerprint density at radius 1 is 0.900 bits per heavy atom. The van der Waals surface area contributed by atoms with Gasteiger partial charge in [-0.1, -0.05) is 0 Å². The minimum absolute atomic E-state index is 0.357. The summed E-state index contributed by atoms with van der Waals surface area (Å²) in [5.41, 5.74) is 0. The molecule has 0 fully saturated rings. The molecule has 9 nitrogen and oxygen atoms in total. The highest BCUT2D eigenvalue weighted by atomic mass is 16.7. The molecular weight excluding hydrogens is 272 g/mol. The van der Waals surface area contributed by atoms with E-state index in [4.69, 9.17) is 0 Å². The molecule has 4 N–H and O–H groups in total. The fourth-order valence-electron chi connectivity index (χ4n) is 1.45. The van der Waals surface area contributed by atoms with Gasteiger partial charge in [0.15, 0.2) is 11.8 Å². The van der Waals surface area contributed by atoms with Gasteiger partial charge < -0.3 is 25.3 Å². The predicted octanol–water partition coefficient (Wildman–Crippen LogP) is -0.664. The lowest BCUT2D eigenvalue weighted by atomic mass is 10.4. The van der Waals surface area contributed by atoms with E-state index in [0.29, 0.717) is 4.73 Å². The van der Waals surface area contributed by atoms with E-state index in [-0.39, 0.29) is 0 Å². The molecule has 20 heavy (non-hydrogen) atoms. The zero-order chi connectivity index (χ0) is 14.9. The average molecular weight is 282 g/mol. The van der Waals surface area contributed by atoms with Crippen LogP contribution in [0.3, 0.4) is 0 Å². The van der Waals surface area contributed by atoms with Gasteiger partial charge in [0.2, 0.25) is 11.8 Å². The highest BCUT2D eigenvalue weighted by Crippen LogP contribution is 2.21. The molecule has 0 saturated heterocycles. The number of carbonyl (C=O) groups excluding carboxylic acids is 2. The van der Waals surface area contributed by atoms with E-state index in [2.05, 4.69) is 4.84 Å². The Hall–Kier alpha value is -3.10. The zero-order valence-electron chi connectivity index (χ0n) is 9.92. The van der Waals surface area contributed by atoms with E-state index in [1.165, 1.54) is 0 Å². The molecule has 0 radical (unpaired) electrons. The average Bonchev–Trinajstić information content (AvgIpc) is 2.88. The van der Waals surface area contributed by atoms with Crippen molar-refractivity contribution in [1.82, 2.24) is 9.30 Å². The molecule has 9 heteroatoms. The molecular formula is C11H10N2O7. The minimum atomic E-state index is -1.39. The largest absolute Gasteiger partial charge is 0.494 e. The molecule has 0 aromatic carbocycles. The third kappa shape index (κ3) is 2.36. The molecule has 0 aliphatic rings. The number of rotatable bonds is 4. The van der Waals surface area contributed by atoms with Gasteiger partial charge in [0.05, 0.1) is 6.54 Å². The van der Waals surface area contributed by atoms with Crippen LogP contribution in [0.1, 0.15) is 0 Å². The van der Waals surface area contributed by atoms with Crippen LogP contribution >= 0.6 is 0 Å². The summed E-state index contributed by atoms with van der Waals surface area (Å²) in [5.74, 6) is -4.46. The fourth-order valence-corrected chi connectivity index (χ4v) is 1.45. The van der Waals surface area contributed by atoms with Crippen molar-refractivity contribution < 1.29 is 34.9 Å². The second kappa shape index (κ2) is 4.88. The topological polar surface area (TPSA) is 134 Å². The summed E-state index contributed by atoms with van der Waals surface area (Å²) in [6.45, 7) is -0.660. The van der Waals surface area contributed by atoms with Crippen LogP contribution < -0.4 is 4.84 Å². The number of ketones is 1. The number of hydrogen-bond acceptors (Lipinski definition) is 7. The maximum atomic E-state index is 11.6. The number of hydrogen-bond donors (Lipinski definition) is 4. The van der Waals surface area contributed by atoms with Crippen molar-refractivity contribution in [1.29, 1.82) is 0 Å². The molecule has 2 aromatic heterocycles. The van der Waals surface area contributed by atoms with Crippen molar-refractivity contribution in [2.45, 2.75) is 6.54 Å². The third-order valence-corrected chi connectivity index (χ3v) is 2.44. The number of carbonyl (C=O) groups is 2. The summed E-state index contributed by atoms with van der Waals surface area (Å²) in [7, 11) is 0. The summed E-state index contributed by atoms with van der Waals surface area (Å²) in [4.78, 5) is 27.5. The second-order valence-electron chi connectivity index (χ2n) is 3.78. The lowest BCUT2D eigenvalue weighted by Crippen LogP contribution is -2.29. The van der Waals surface area contributed by atoms with Gasteiger partial charge in [0, 0.05) is 24.3 Å². The SMILES string of the molecule is O=C(Cn1c(O)ccc1O)C(=O)On1c(O)ccc1O. The van der Waals surface area contributed by atoms with Gasteiger partial charge in [0.25, 0.3) is 5.78 Å². The van der Waals surface area contributed by atoms with Crippen molar-refractivity contribution in [3.63, 3.8) is 0 Å². The summed E-state index contributed by atoms with van der Waals surface area (Å²) in [6.07, 6.45) is 0. The van der Waals surface area contributed by atoms with Gasteiger partial charge in [0.1, 0.15) is 0 Å². The number of aromatic nitrogens is 2. The Morgan fingerprint density at radius 3 is 1.85 bits per heavy atom. The molecule has 0 atom stereocenters. The molecule has 0 bridgehead atoms. The number of nitrogens with zero attached hydrogens (tertiary/aromatic N) is 2. The summed E-state index contributed by atoms with van der Waals surface area (Å²) in [6, 6.07) is 4.38. The quantitative estimate of drug-likeness (QED) is 0.546. The molecule has 0 saturated carbocycles. The Morgan fingerprint density at radius 2 is 1.35 bits per heavy atom. The molecule has 106 valence electrons. The summed E-state index contributed by atoms with van der Waals surface area (Å²) < 4.78 is 1.13. The van der Waals surface area contributed by atoms with Crippen molar-refractivity contribution in [3.8, 4) is 23.5 Å². The van der Waals surface area contributed by atoms with Gasteiger partial charge in [-0.3, -0.25) is 9.36 Å². The highest BCUT2D eigenvalue weighted by Gasteiger charge is 2.22. The van der Waals surface area contributed by atoms with Crippen molar-refractivity contribution >= 4 is 11.8 Å². The second-order valence-corrected chi connectivity index (χ2v) is 3.78. The summed E-state index contributed by atoms with van der Waals surface area (Å²) >= 11 is 0. The highest BCUT2D eigenvalue weighted by molar-refractivity contribution is 6.33. The van der Waals surface area contributed by atoms with E-state index in [0.717, 1.165) is 28.8 Å². The maximum absolute atomic E-state index is 11.6. The van der Waals surface area contributed by atoms with Gasteiger partial charge in [-0.25, -0.2) is 4.79 Å². The van der Waals surface area contributed by atoms with Crippen molar-refractivity contribution in [3.05, 3.63) is 24.3 Å². The first-order valence-electron chi connectivity index (χ1n) is 5.32. The fraction of sp³-hybridized carbons (Fsp3) is 0.0909. The molecule has 0 aliphatic heterocycles. The van der Waals surface area contributed by atoms with Gasteiger partial charge in [-0.15, -0.1) is 4.73 Å². The zero-order valence-corrected chi connectivity index (χ0v) is 9.92. The Kier molecular flexibility index (Phi) is 3.25. The maximum Gasteiger partial charge on any atom is 0.401 e. The van der Waals surface area contributed by atoms with Crippen molar-refractivity contribution in [2.75, 3.05) is 0 Å². The normalized spacial score (nSPS) is 10.4. The molecule has 2 rings (SSSR count). The van der Waals surface area contributed by atoms with Crippen LogP contribution in [0, 0.1) is 0 Å². The Balaban J connectivity index is 2.09. The van der Waals surface area contributed by atoms with Crippen LogP contribution in [0.4, 0.5) is 0 Å². The minimum Gasteiger partial charge on any atom is -0.494 e. The first-order chi connectivity index (χ1) is 9.40. The number of Topliss-reactive ketones (excluding diaryl/α,β-unsaturated/α-hetero) is 1. The van der Waals surface area contributed by atoms with E-state index >= 15 is 0 Å². The smallest absolute Gasteiger partial charge is 0.401 e. The van der Waals surface area contributed by atoms with Crippen LogP contribution in [-0.4, -0.2) is 41.5 Å². The van der Waals surface area contributed by atoms with Crippen LogP contribution in [-0.2, 0) is 16.1 Å². The molecule has 0 amide bonds. The van der Waals surface area contributed by atoms with E-state index in [9.17, 15) is 30.0 Å². The van der Waals surface area contributed by atoms with E-state index in [1.54, 1.807) is 0 Å². The predicted molar refractivity (Wildman–Crippen MR) is 62.1 cm³/mol. The van der Waals surface area contributed by atoms with Gasteiger partial charge >= 0.3 is 5.97 Å². The first kappa shape index (κ1) is 13.3. The summed E-state index contributed by atoms with van der Waals surface area (Å²) in [5, 5.41) is 37.1. The third-order valence-electron chi connectivity index (χ3n) is 2.44. The lowest BCUT2D eigenvalue weighted by Gasteiger charge is -2.07. The molecule has 0 aliphatic carbocycles. The van der Waals surface area contributed by atoms with Crippen LogP contribution in [0.15, 0.2) is 24.3 Å². The Labute approximate surface area is 111 Å². The van der Waals surface area contributed by atoms with Crippen LogP contribution in [0.5, 0.6) is 23.5 Å². The van der Waals surface area contributed by atoms with Crippen LogP contribution in [0.2, 0.25) is 0 Å². The standard InChI is InChI=1S/C11H10N2O7/c14-6(5-12-7(15)1-2-8(12)16)11(19)20-13-9(17)3-4-10(13)18/h1-4,15-18H,5H2. The molecule has 2 aromatic rings. The monoisotopic (exact) mass is 282 g/mol. The van der Waals surface area contributed by atoms with E-state index in [1.807, 2.05) is 0 Å². The molecule has 2 heterocycles. The number of aromatic hydroxyl groups is 4. The Bertz CT molecular complexity index is 573. The van der Waals surface area contributed by atoms with Crippen molar-refractivity contribution in [2.24, 2.45) is 0 Å². The van der Waals surface area contributed by atoms with Gasteiger partial charge in [-0.2, -0.15) is 0 Å². The van der Waals surface area contributed by atoms with Gasteiger partial charge in [-0.05, 0) is 0 Å². The molecule has 0 spiro atoms. The van der Waals surface area contributed by atoms with E-state index < -0.39 is 41.8 Å². The van der Waals surface area contributed by atoms with Crippen LogP contribution in [0.25, 0.3) is 0 Å². The molecule has 0 unspecified atom stereocenters. The first-order valence-corrected chi connectivity index (χ1v) is 5.32.